The standard InChI is InChI=1S/C19H24O2/c1-19(2,3)11-10-16(20)12-15-7-5-6-14-8-9-17(21-4)13-18(14)15/h5-9,13H,10-12H2,1-4H3. The van der Waals surface area contributed by atoms with Crippen LogP contribution in [0.25, 0.3) is 10.8 Å². The molecule has 0 aliphatic heterocycles. The van der Waals surface area contributed by atoms with Gasteiger partial charge >= 0.3 is 0 Å². The molecule has 0 aromatic heterocycles. The van der Waals surface area contributed by atoms with Crippen molar-refractivity contribution in [1.29, 1.82) is 0 Å². The minimum absolute atomic E-state index is 0.206. The molecular formula is C19H24O2. The van der Waals surface area contributed by atoms with Gasteiger partial charge in [0.1, 0.15) is 11.5 Å². The van der Waals surface area contributed by atoms with E-state index in [0.717, 1.165) is 28.5 Å². The molecule has 2 heteroatoms. The summed E-state index contributed by atoms with van der Waals surface area (Å²) in [5.74, 6) is 1.14. The molecule has 0 amide bonds. The lowest BCUT2D eigenvalue weighted by atomic mass is 9.88. The molecule has 0 unspecified atom stereocenters. The summed E-state index contributed by atoms with van der Waals surface area (Å²) in [4.78, 5) is 12.2. The van der Waals surface area contributed by atoms with Crippen LogP contribution < -0.4 is 4.74 Å². The van der Waals surface area contributed by atoms with Crippen molar-refractivity contribution < 1.29 is 9.53 Å². The molecule has 0 fully saturated rings. The molecule has 112 valence electrons. The second kappa shape index (κ2) is 6.30. The Labute approximate surface area is 127 Å². The Hall–Kier alpha value is -1.83. The lowest BCUT2D eigenvalue weighted by Gasteiger charge is -2.17. The van der Waals surface area contributed by atoms with E-state index in [-0.39, 0.29) is 5.41 Å². The highest BCUT2D eigenvalue weighted by molar-refractivity contribution is 5.91. The van der Waals surface area contributed by atoms with Crippen molar-refractivity contribution in [1.82, 2.24) is 0 Å². The highest BCUT2D eigenvalue weighted by Gasteiger charge is 2.14. The van der Waals surface area contributed by atoms with E-state index < -0.39 is 0 Å². The van der Waals surface area contributed by atoms with Gasteiger partial charge in [0.05, 0.1) is 7.11 Å². The van der Waals surface area contributed by atoms with E-state index in [9.17, 15) is 4.79 Å². The number of carbonyl (C=O) groups is 1. The van der Waals surface area contributed by atoms with Crippen molar-refractivity contribution >= 4 is 16.6 Å². The maximum atomic E-state index is 12.2. The third kappa shape index (κ3) is 4.32. The zero-order valence-electron chi connectivity index (χ0n) is 13.4. The van der Waals surface area contributed by atoms with Gasteiger partial charge in [-0.15, -0.1) is 0 Å². The van der Waals surface area contributed by atoms with Gasteiger partial charge in [-0.05, 0) is 40.3 Å². The van der Waals surface area contributed by atoms with Gasteiger partial charge in [0, 0.05) is 12.8 Å². The first-order chi connectivity index (χ1) is 9.89. The van der Waals surface area contributed by atoms with Crippen LogP contribution in [-0.2, 0) is 11.2 Å². The molecule has 21 heavy (non-hydrogen) atoms. The summed E-state index contributed by atoms with van der Waals surface area (Å²) < 4.78 is 5.29. The van der Waals surface area contributed by atoms with Gasteiger partial charge in [-0.1, -0.05) is 45.0 Å². The van der Waals surface area contributed by atoms with Gasteiger partial charge < -0.3 is 4.74 Å². The van der Waals surface area contributed by atoms with Crippen molar-refractivity contribution in [2.75, 3.05) is 7.11 Å². The average molecular weight is 284 g/mol. The van der Waals surface area contributed by atoms with Crippen molar-refractivity contribution in [3.63, 3.8) is 0 Å². The number of rotatable bonds is 5. The molecule has 0 atom stereocenters. The number of methoxy groups -OCH3 is 1. The zero-order chi connectivity index (χ0) is 15.5. The molecule has 0 N–H and O–H groups in total. The maximum Gasteiger partial charge on any atom is 0.137 e. The predicted octanol–water partition coefficient (Wildman–Crippen LogP) is 4.79. The number of ether oxygens (including phenoxy) is 1. The summed E-state index contributed by atoms with van der Waals surface area (Å²) in [6.07, 6.45) is 2.07. The SMILES string of the molecule is COc1ccc2cccc(CC(=O)CCC(C)(C)C)c2c1. The quantitative estimate of drug-likeness (QED) is 0.789. The number of ketones is 1. The molecule has 0 radical (unpaired) electrons. The third-order valence-corrected chi connectivity index (χ3v) is 3.72. The highest BCUT2D eigenvalue weighted by atomic mass is 16.5. The van der Waals surface area contributed by atoms with E-state index in [4.69, 9.17) is 4.74 Å². The van der Waals surface area contributed by atoms with Gasteiger partial charge in [-0.3, -0.25) is 4.79 Å². The summed E-state index contributed by atoms with van der Waals surface area (Å²) >= 11 is 0. The first-order valence-corrected chi connectivity index (χ1v) is 7.46. The van der Waals surface area contributed by atoms with Crippen LogP contribution in [0.4, 0.5) is 0 Å². The average Bonchev–Trinajstić information content (AvgIpc) is 2.44. The highest BCUT2D eigenvalue weighted by Crippen LogP contribution is 2.26. The molecule has 2 rings (SSSR count). The minimum atomic E-state index is 0.206. The molecule has 0 bridgehead atoms. The number of benzene rings is 2. The fourth-order valence-corrected chi connectivity index (χ4v) is 2.41. The number of fused-ring (bicyclic) bond motifs is 1. The van der Waals surface area contributed by atoms with Gasteiger partial charge in [-0.2, -0.15) is 0 Å². The van der Waals surface area contributed by atoms with Crippen molar-refractivity contribution in [2.45, 2.75) is 40.0 Å². The Morgan fingerprint density at radius 3 is 2.57 bits per heavy atom. The monoisotopic (exact) mass is 284 g/mol. The zero-order valence-corrected chi connectivity index (χ0v) is 13.4. The second-order valence-corrected chi connectivity index (χ2v) is 6.78. The summed E-state index contributed by atoms with van der Waals surface area (Å²) in [6, 6.07) is 12.1. The normalized spacial score (nSPS) is 11.6. The van der Waals surface area contributed by atoms with Crippen molar-refractivity contribution in [3.8, 4) is 5.75 Å². The van der Waals surface area contributed by atoms with Gasteiger partial charge in [0.25, 0.3) is 0 Å². The first-order valence-electron chi connectivity index (χ1n) is 7.46. The number of carbonyl (C=O) groups excluding carboxylic acids is 1. The fourth-order valence-electron chi connectivity index (χ4n) is 2.41. The maximum absolute atomic E-state index is 12.2. The topological polar surface area (TPSA) is 26.3 Å². The Morgan fingerprint density at radius 2 is 1.90 bits per heavy atom. The molecule has 0 aliphatic rings. The van der Waals surface area contributed by atoms with Gasteiger partial charge in [0.2, 0.25) is 0 Å². The van der Waals surface area contributed by atoms with Crippen molar-refractivity contribution in [2.24, 2.45) is 5.41 Å². The minimum Gasteiger partial charge on any atom is -0.497 e. The molecule has 2 aromatic rings. The van der Waals surface area contributed by atoms with Crippen LogP contribution in [0.5, 0.6) is 5.75 Å². The molecular weight excluding hydrogens is 260 g/mol. The lowest BCUT2D eigenvalue weighted by molar-refractivity contribution is -0.118. The van der Waals surface area contributed by atoms with Crippen LogP contribution in [0.3, 0.4) is 0 Å². The first kappa shape index (κ1) is 15.6. The fraction of sp³-hybridized carbons (Fsp3) is 0.421. The molecule has 0 aliphatic carbocycles. The predicted molar refractivity (Wildman–Crippen MR) is 87.9 cm³/mol. The van der Waals surface area contributed by atoms with E-state index in [1.165, 1.54) is 0 Å². The summed E-state index contributed by atoms with van der Waals surface area (Å²) in [7, 11) is 1.66. The lowest BCUT2D eigenvalue weighted by Crippen LogP contribution is -2.10. The van der Waals surface area contributed by atoms with Crippen LogP contribution >= 0.6 is 0 Å². The van der Waals surface area contributed by atoms with Crippen LogP contribution in [0, 0.1) is 5.41 Å². The van der Waals surface area contributed by atoms with E-state index in [1.54, 1.807) is 7.11 Å². The van der Waals surface area contributed by atoms with Crippen LogP contribution in [0.15, 0.2) is 36.4 Å². The second-order valence-electron chi connectivity index (χ2n) is 6.78. The smallest absolute Gasteiger partial charge is 0.137 e. The van der Waals surface area contributed by atoms with Crippen LogP contribution in [0.1, 0.15) is 39.2 Å². The Morgan fingerprint density at radius 1 is 1.14 bits per heavy atom. The summed E-state index contributed by atoms with van der Waals surface area (Å²) in [5, 5.41) is 2.26. The summed E-state index contributed by atoms with van der Waals surface area (Å²) in [5.41, 5.74) is 1.29. The Balaban J connectivity index is 2.19. The van der Waals surface area contributed by atoms with E-state index >= 15 is 0 Å². The number of Topliss-reactive ketones (excluding diaryl/α,β-unsaturated/α-hetero) is 1. The van der Waals surface area contributed by atoms with Crippen LogP contribution in [0.2, 0.25) is 0 Å². The van der Waals surface area contributed by atoms with E-state index in [1.807, 2.05) is 30.3 Å². The molecule has 0 saturated carbocycles. The molecule has 2 nitrogen and oxygen atoms in total. The van der Waals surface area contributed by atoms with Crippen LogP contribution in [-0.4, -0.2) is 12.9 Å². The Bertz CT molecular complexity index is 636. The van der Waals surface area contributed by atoms with E-state index in [0.29, 0.717) is 18.6 Å². The number of hydrogen-bond donors (Lipinski definition) is 0. The molecule has 0 saturated heterocycles. The molecule has 2 aromatic carbocycles. The molecule has 0 heterocycles. The van der Waals surface area contributed by atoms with Crippen molar-refractivity contribution in [3.05, 3.63) is 42.0 Å². The van der Waals surface area contributed by atoms with E-state index in [2.05, 4.69) is 26.8 Å². The molecule has 0 spiro atoms. The summed E-state index contributed by atoms with van der Waals surface area (Å²) in [6.45, 7) is 6.51. The van der Waals surface area contributed by atoms with Gasteiger partial charge in [-0.25, -0.2) is 0 Å². The third-order valence-electron chi connectivity index (χ3n) is 3.72. The number of hydrogen-bond acceptors (Lipinski definition) is 2. The Kier molecular flexibility index (Phi) is 4.66. The van der Waals surface area contributed by atoms with Gasteiger partial charge in [0.15, 0.2) is 0 Å². The largest absolute Gasteiger partial charge is 0.497 e.